The highest BCUT2D eigenvalue weighted by Gasteiger charge is 2.09. The maximum Gasteiger partial charge on any atom is 0.292 e. The fourth-order valence-corrected chi connectivity index (χ4v) is 2.24. The number of anilines is 1. The van der Waals surface area contributed by atoms with Gasteiger partial charge in [-0.05, 0) is 6.42 Å². The van der Waals surface area contributed by atoms with Crippen molar-refractivity contribution in [1.29, 1.82) is 0 Å². The van der Waals surface area contributed by atoms with Crippen LogP contribution in [0.2, 0.25) is 5.02 Å². The Kier molecular flexibility index (Phi) is 5.39. The molecule has 104 valence electrons. The Hall–Kier alpha value is -1.52. The molecule has 0 aliphatic heterocycles. The molecule has 0 saturated heterocycles. The Balaban J connectivity index is 2.76. The van der Waals surface area contributed by atoms with Crippen molar-refractivity contribution < 1.29 is 8.42 Å². The van der Waals surface area contributed by atoms with Crippen molar-refractivity contribution in [2.45, 2.75) is 13.0 Å². The molecule has 8 heteroatoms. The second kappa shape index (κ2) is 6.59. The predicted molar refractivity (Wildman–Crippen MR) is 75.2 cm³/mol. The first kappa shape index (κ1) is 15.5. The number of sulfone groups is 1. The Morgan fingerprint density at radius 1 is 1.58 bits per heavy atom. The molecule has 6 nitrogen and oxygen atoms in total. The quantitative estimate of drug-likeness (QED) is 0.607. The number of rotatable bonds is 6. The average Bonchev–Trinajstić information content (AvgIpc) is 2.30. The first-order chi connectivity index (χ1) is 8.85. The summed E-state index contributed by atoms with van der Waals surface area (Å²) in [5, 5.41) is 6.78. The molecular formula is C11H14ClN3O3S. The molecule has 0 spiro atoms. The van der Waals surface area contributed by atoms with Gasteiger partial charge in [-0.2, -0.15) is 5.10 Å². The van der Waals surface area contributed by atoms with E-state index >= 15 is 0 Å². The van der Waals surface area contributed by atoms with Gasteiger partial charge in [-0.25, -0.2) is 13.1 Å². The topological polar surface area (TPSA) is 81.1 Å². The minimum Gasteiger partial charge on any atom is -0.379 e. The molecule has 0 atom stereocenters. The first-order valence-corrected chi connectivity index (χ1v) is 7.89. The summed E-state index contributed by atoms with van der Waals surface area (Å²) in [6.07, 6.45) is 7.98. The van der Waals surface area contributed by atoms with E-state index in [1.165, 1.54) is 6.20 Å². The highest BCUT2D eigenvalue weighted by molar-refractivity contribution is 7.90. The van der Waals surface area contributed by atoms with Crippen molar-refractivity contribution in [3.05, 3.63) is 21.6 Å². The van der Waals surface area contributed by atoms with Gasteiger partial charge in [0, 0.05) is 12.8 Å². The van der Waals surface area contributed by atoms with Crippen molar-refractivity contribution >= 4 is 27.1 Å². The number of halogens is 1. The molecule has 19 heavy (non-hydrogen) atoms. The van der Waals surface area contributed by atoms with Gasteiger partial charge in [0.1, 0.15) is 22.1 Å². The Morgan fingerprint density at radius 3 is 2.84 bits per heavy atom. The number of nitrogens with zero attached hydrogens (tertiary/aromatic N) is 2. The van der Waals surface area contributed by atoms with E-state index < -0.39 is 15.4 Å². The van der Waals surface area contributed by atoms with Gasteiger partial charge in [-0.15, -0.1) is 6.42 Å². The summed E-state index contributed by atoms with van der Waals surface area (Å²) in [6, 6.07) is 0. The minimum absolute atomic E-state index is 0.0429. The van der Waals surface area contributed by atoms with E-state index in [1.807, 2.05) is 0 Å². The second-order valence-electron chi connectivity index (χ2n) is 3.94. The summed E-state index contributed by atoms with van der Waals surface area (Å²) >= 11 is 5.86. The normalized spacial score (nSPS) is 11.0. The van der Waals surface area contributed by atoms with Crippen LogP contribution in [-0.4, -0.2) is 36.8 Å². The van der Waals surface area contributed by atoms with E-state index in [2.05, 4.69) is 16.3 Å². The van der Waals surface area contributed by atoms with Crippen molar-refractivity contribution in [2.75, 3.05) is 23.9 Å². The summed E-state index contributed by atoms with van der Waals surface area (Å²) in [6.45, 7) is 0.371. The smallest absolute Gasteiger partial charge is 0.292 e. The Labute approximate surface area is 116 Å². The van der Waals surface area contributed by atoms with Crippen molar-refractivity contribution in [1.82, 2.24) is 9.78 Å². The van der Waals surface area contributed by atoms with Gasteiger partial charge >= 0.3 is 0 Å². The number of nitrogens with one attached hydrogen (secondary N) is 1. The Bertz CT molecular complexity index is 646. The van der Waals surface area contributed by atoms with E-state index in [0.717, 1.165) is 10.9 Å². The number of terminal acetylenes is 1. The lowest BCUT2D eigenvalue weighted by Crippen LogP contribution is -2.26. The third kappa shape index (κ3) is 4.93. The molecule has 0 radical (unpaired) electrons. The fraction of sp³-hybridized carbons (Fsp3) is 0.455. The molecule has 0 fully saturated rings. The Morgan fingerprint density at radius 2 is 2.26 bits per heavy atom. The molecule has 0 saturated carbocycles. The summed E-state index contributed by atoms with van der Waals surface area (Å²) in [5.41, 5.74) is -0.245. The number of hydrogen-bond acceptors (Lipinski definition) is 5. The molecule has 1 heterocycles. The van der Waals surface area contributed by atoms with Gasteiger partial charge in [0.15, 0.2) is 0 Å². The van der Waals surface area contributed by atoms with Crippen LogP contribution in [0.1, 0.15) is 6.42 Å². The van der Waals surface area contributed by atoms with Crippen LogP contribution in [-0.2, 0) is 16.4 Å². The van der Waals surface area contributed by atoms with E-state index in [0.29, 0.717) is 13.0 Å². The van der Waals surface area contributed by atoms with Gasteiger partial charge < -0.3 is 5.32 Å². The first-order valence-electron chi connectivity index (χ1n) is 5.46. The van der Waals surface area contributed by atoms with E-state index in [-0.39, 0.29) is 23.0 Å². The van der Waals surface area contributed by atoms with Crippen LogP contribution in [0.3, 0.4) is 0 Å². The second-order valence-corrected chi connectivity index (χ2v) is 6.61. The summed E-state index contributed by atoms with van der Waals surface area (Å²) < 4.78 is 23.0. The molecular weight excluding hydrogens is 290 g/mol. The van der Waals surface area contributed by atoms with Crippen LogP contribution >= 0.6 is 11.6 Å². The number of hydrogen-bond donors (Lipinski definition) is 1. The SMILES string of the molecule is C#CCn1ncc(Cl)c(NCCCS(C)(=O)=O)c1=O. The van der Waals surface area contributed by atoms with E-state index in [4.69, 9.17) is 18.0 Å². The lowest BCUT2D eigenvalue weighted by Gasteiger charge is -2.08. The van der Waals surface area contributed by atoms with Crippen molar-refractivity contribution in [2.24, 2.45) is 0 Å². The van der Waals surface area contributed by atoms with Crippen molar-refractivity contribution in [3.8, 4) is 12.3 Å². The molecule has 0 unspecified atom stereocenters. The summed E-state index contributed by atoms with van der Waals surface area (Å²) in [7, 11) is -3.01. The average molecular weight is 304 g/mol. The monoisotopic (exact) mass is 303 g/mol. The van der Waals surface area contributed by atoms with Crippen LogP contribution in [0, 0.1) is 12.3 Å². The maximum atomic E-state index is 11.9. The highest BCUT2D eigenvalue weighted by Crippen LogP contribution is 2.14. The molecule has 0 bridgehead atoms. The van der Waals surface area contributed by atoms with Gasteiger partial charge in [0.25, 0.3) is 5.56 Å². The molecule has 0 amide bonds. The predicted octanol–water partition coefficient (Wildman–Crippen LogP) is 0.377. The summed E-state index contributed by atoms with van der Waals surface area (Å²) in [5.74, 6) is 2.35. The lowest BCUT2D eigenvalue weighted by molar-refractivity contribution is 0.600. The summed E-state index contributed by atoms with van der Waals surface area (Å²) in [4.78, 5) is 11.9. The van der Waals surface area contributed by atoms with Crippen LogP contribution in [0.15, 0.2) is 11.0 Å². The fourth-order valence-electron chi connectivity index (χ4n) is 1.38. The molecule has 0 aliphatic rings. The third-order valence-corrected chi connectivity index (χ3v) is 3.55. The maximum absolute atomic E-state index is 11.9. The van der Waals surface area contributed by atoms with Crippen molar-refractivity contribution in [3.63, 3.8) is 0 Å². The lowest BCUT2D eigenvalue weighted by atomic mass is 10.4. The van der Waals surface area contributed by atoms with Crippen LogP contribution in [0.5, 0.6) is 0 Å². The standard InChI is InChI=1S/C11H14ClN3O3S/c1-3-6-15-11(16)10(9(12)8-14-15)13-5-4-7-19(2,17)18/h1,8,13H,4-7H2,2H3. The highest BCUT2D eigenvalue weighted by atomic mass is 35.5. The minimum atomic E-state index is -3.01. The zero-order chi connectivity index (χ0) is 14.5. The molecule has 0 aromatic carbocycles. The molecule has 1 rings (SSSR count). The molecule has 0 aliphatic carbocycles. The number of aromatic nitrogens is 2. The largest absolute Gasteiger partial charge is 0.379 e. The van der Waals surface area contributed by atoms with Crippen LogP contribution in [0.4, 0.5) is 5.69 Å². The molecule has 1 aromatic rings. The zero-order valence-corrected chi connectivity index (χ0v) is 12.0. The van der Waals surface area contributed by atoms with Gasteiger partial charge in [-0.1, -0.05) is 17.5 Å². The molecule has 1 aromatic heterocycles. The van der Waals surface area contributed by atoms with Gasteiger partial charge in [-0.3, -0.25) is 4.79 Å². The molecule has 1 N–H and O–H groups in total. The van der Waals surface area contributed by atoms with E-state index in [1.54, 1.807) is 0 Å². The third-order valence-electron chi connectivity index (χ3n) is 2.23. The van der Waals surface area contributed by atoms with Crippen LogP contribution < -0.4 is 10.9 Å². The van der Waals surface area contributed by atoms with Crippen LogP contribution in [0.25, 0.3) is 0 Å². The van der Waals surface area contributed by atoms with Gasteiger partial charge in [0.2, 0.25) is 0 Å². The van der Waals surface area contributed by atoms with Gasteiger partial charge in [0.05, 0.1) is 17.0 Å². The zero-order valence-electron chi connectivity index (χ0n) is 10.4. The van der Waals surface area contributed by atoms with E-state index in [9.17, 15) is 13.2 Å².